The predicted molar refractivity (Wildman–Crippen MR) is 121 cm³/mol. The van der Waals surface area contributed by atoms with E-state index in [0.717, 1.165) is 59.8 Å². The van der Waals surface area contributed by atoms with Crippen molar-refractivity contribution < 1.29 is 18.9 Å². The molecule has 0 unspecified atom stereocenters. The van der Waals surface area contributed by atoms with Gasteiger partial charge in [-0.3, -0.25) is 0 Å². The first-order chi connectivity index (χ1) is 14.7. The number of hydrogen-bond acceptors (Lipinski definition) is 4. The van der Waals surface area contributed by atoms with Crippen LogP contribution in [0.5, 0.6) is 23.0 Å². The van der Waals surface area contributed by atoms with E-state index in [2.05, 4.69) is 12.2 Å². The lowest BCUT2D eigenvalue weighted by molar-refractivity contribution is 0.334. The van der Waals surface area contributed by atoms with Gasteiger partial charge in [0.25, 0.3) is 0 Å². The molecule has 158 valence electrons. The Labute approximate surface area is 179 Å². The molecule has 4 nitrogen and oxygen atoms in total. The lowest BCUT2D eigenvalue weighted by Crippen LogP contribution is -2.11. The van der Waals surface area contributed by atoms with E-state index in [9.17, 15) is 0 Å². The summed E-state index contributed by atoms with van der Waals surface area (Å²) >= 11 is 0. The second-order valence-corrected chi connectivity index (χ2v) is 7.42. The summed E-state index contributed by atoms with van der Waals surface area (Å²) in [5.74, 6) is 3.66. The molecule has 2 aliphatic rings. The molecule has 0 saturated carbocycles. The maximum atomic E-state index is 5.96. The summed E-state index contributed by atoms with van der Waals surface area (Å²) in [6.07, 6.45) is 8.48. The van der Waals surface area contributed by atoms with E-state index in [4.69, 9.17) is 18.9 Å². The highest BCUT2D eigenvalue weighted by molar-refractivity contribution is 6.09. The van der Waals surface area contributed by atoms with Crippen LogP contribution in [0.2, 0.25) is 0 Å². The number of fused-ring (bicyclic) bond motifs is 2. The van der Waals surface area contributed by atoms with Crippen molar-refractivity contribution in [2.75, 3.05) is 27.4 Å². The van der Waals surface area contributed by atoms with Gasteiger partial charge < -0.3 is 18.9 Å². The fourth-order valence-electron chi connectivity index (χ4n) is 4.64. The van der Waals surface area contributed by atoms with Gasteiger partial charge in [0.1, 0.15) is 23.0 Å². The van der Waals surface area contributed by atoms with Crippen LogP contribution in [0.1, 0.15) is 48.9 Å². The number of rotatable bonds is 7. The SMILES string of the molecule is CCOc1ccc(OC)c2c1CCC=C2C1=CCCc2c(OCC)ccc(OC)c21. The van der Waals surface area contributed by atoms with Crippen LogP contribution in [0.25, 0.3) is 11.1 Å². The first-order valence-electron chi connectivity index (χ1n) is 10.8. The molecule has 2 aromatic carbocycles. The molecule has 30 heavy (non-hydrogen) atoms. The third-order valence-corrected chi connectivity index (χ3v) is 5.82. The van der Waals surface area contributed by atoms with Gasteiger partial charge >= 0.3 is 0 Å². The highest BCUT2D eigenvalue weighted by Crippen LogP contribution is 2.49. The Morgan fingerprint density at radius 3 is 1.40 bits per heavy atom. The molecule has 0 bridgehead atoms. The maximum absolute atomic E-state index is 5.96. The van der Waals surface area contributed by atoms with Crippen LogP contribution in [-0.2, 0) is 12.8 Å². The van der Waals surface area contributed by atoms with Crippen LogP contribution < -0.4 is 18.9 Å². The van der Waals surface area contributed by atoms with Gasteiger partial charge in [-0.25, -0.2) is 0 Å². The third kappa shape index (κ3) is 3.45. The van der Waals surface area contributed by atoms with Crippen LogP contribution in [0.4, 0.5) is 0 Å². The molecule has 0 spiro atoms. The van der Waals surface area contributed by atoms with E-state index in [1.165, 1.54) is 22.3 Å². The van der Waals surface area contributed by atoms with E-state index in [1.807, 2.05) is 38.1 Å². The average Bonchev–Trinajstić information content (AvgIpc) is 2.79. The summed E-state index contributed by atoms with van der Waals surface area (Å²) < 4.78 is 23.5. The van der Waals surface area contributed by atoms with Gasteiger partial charge in [-0.15, -0.1) is 0 Å². The molecule has 4 heteroatoms. The molecule has 0 aliphatic heterocycles. The summed E-state index contributed by atoms with van der Waals surface area (Å²) in [5.41, 5.74) is 7.11. The third-order valence-electron chi connectivity index (χ3n) is 5.82. The number of benzene rings is 2. The minimum absolute atomic E-state index is 0.648. The minimum atomic E-state index is 0.648. The van der Waals surface area contributed by atoms with Gasteiger partial charge in [-0.1, -0.05) is 12.2 Å². The zero-order chi connectivity index (χ0) is 21.1. The average molecular weight is 407 g/mol. The van der Waals surface area contributed by atoms with E-state index < -0.39 is 0 Å². The van der Waals surface area contributed by atoms with Crippen LogP contribution in [-0.4, -0.2) is 27.4 Å². The molecule has 2 aliphatic carbocycles. The maximum Gasteiger partial charge on any atom is 0.127 e. The first-order valence-corrected chi connectivity index (χ1v) is 10.8. The van der Waals surface area contributed by atoms with E-state index in [1.54, 1.807) is 14.2 Å². The molecule has 0 atom stereocenters. The van der Waals surface area contributed by atoms with Crippen LogP contribution in [0.3, 0.4) is 0 Å². The van der Waals surface area contributed by atoms with Gasteiger partial charge in [-0.2, -0.15) is 0 Å². The topological polar surface area (TPSA) is 36.9 Å². The summed E-state index contributed by atoms with van der Waals surface area (Å²) in [5, 5.41) is 0. The van der Waals surface area contributed by atoms with Gasteiger partial charge in [0.05, 0.1) is 27.4 Å². The van der Waals surface area contributed by atoms with Crippen LogP contribution in [0.15, 0.2) is 36.4 Å². The zero-order valence-electron chi connectivity index (χ0n) is 18.3. The van der Waals surface area contributed by atoms with Crippen molar-refractivity contribution in [2.24, 2.45) is 0 Å². The van der Waals surface area contributed by atoms with Crippen molar-refractivity contribution in [3.8, 4) is 23.0 Å². The molecule has 0 radical (unpaired) electrons. The lowest BCUT2D eigenvalue weighted by Gasteiger charge is -2.29. The molecular weight excluding hydrogens is 376 g/mol. The van der Waals surface area contributed by atoms with Gasteiger partial charge in [0.2, 0.25) is 0 Å². The van der Waals surface area contributed by atoms with Gasteiger partial charge in [-0.05, 0) is 74.9 Å². The highest BCUT2D eigenvalue weighted by atomic mass is 16.5. The monoisotopic (exact) mass is 406 g/mol. The first kappa shape index (κ1) is 20.4. The smallest absolute Gasteiger partial charge is 0.127 e. The Bertz CT molecular complexity index is 919. The molecule has 0 N–H and O–H groups in total. The minimum Gasteiger partial charge on any atom is -0.496 e. The summed E-state index contributed by atoms with van der Waals surface area (Å²) in [6.45, 7) is 5.34. The number of hydrogen-bond donors (Lipinski definition) is 0. The Morgan fingerprint density at radius 2 is 1.03 bits per heavy atom. The highest BCUT2D eigenvalue weighted by Gasteiger charge is 2.29. The molecule has 0 fully saturated rings. The largest absolute Gasteiger partial charge is 0.496 e. The fraction of sp³-hybridized carbons (Fsp3) is 0.385. The van der Waals surface area contributed by atoms with Crippen molar-refractivity contribution >= 4 is 11.1 Å². The Kier molecular flexibility index (Phi) is 6.03. The molecule has 2 aromatic rings. The summed E-state index contributed by atoms with van der Waals surface area (Å²) in [4.78, 5) is 0. The lowest BCUT2D eigenvalue weighted by atomic mass is 9.79. The number of allylic oxidation sites excluding steroid dienone is 4. The quantitative estimate of drug-likeness (QED) is 0.577. The van der Waals surface area contributed by atoms with Crippen LogP contribution >= 0.6 is 0 Å². The molecular formula is C26H30O4. The standard InChI is InChI=1S/C26H30O4/c1-5-29-21-13-15-23(27-3)25-17(9-7-11-19(21)25)18-10-8-12-20-22(30-6-2)14-16-24(28-4)26(18)20/h9-10,13-16H,5-8,11-12H2,1-4H3. The fourth-order valence-corrected chi connectivity index (χ4v) is 4.64. The van der Waals surface area contributed by atoms with Gasteiger partial charge in [0.15, 0.2) is 0 Å². The van der Waals surface area contributed by atoms with Crippen molar-refractivity contribution in [1.29, 1.82) is 0 Å². The van der Waals surface area contributed by atoms with Crippen molar-refractivity contribution in [1.82, 2.24) is 0 Å². The van der Waals surface area contributed by atoms with E-state index in [0.29, 0.717) is 13.2 Å². The van der Waals surface area contributed by atoms with Crippen LogP contribution in [0, 0.1) is 0 Å². The molecule has 0 aromatic heterocycles. The Hall–Kier alpha value is -2.88. The molecule has 4 rings (SSSR count). The second kappa shape index (κ2) is 8.86. The molecule has 0 amide bonds. The summed E-state index contributed by atoms with van der Waals surface area (Å²) in [6, 6.07) is 8.09. The Morgan fingerprint density at radius 1 is 0.633 bits per heavy atom. The van der Waals surface area contributed by atoms with E-state index >= 15 is 0 Å². The molecule has 0 saturated heterocycles. The number of methoxy groups -OCH3 is 2. The molecule has 0 heterocycles. The zero-order valence-corrected chi connectivity index (χ0v) is 18.3. The summed E-state index contributed by atoms with van der Waals surface area (Å²) in [7, 11) is 3.47. The Balaban J connectivity index is 1.91. The van der Waals surface area contributed by atoms with E-state index in [-0.39, 0.29) is 0 Å². The van der Waals surface area contributed by atoms with Gasteiger partial charge in [0, 0.05) is 22.3 Å². The second-order valence-electron chi connectivity index (χ2n) is 7.42. The van der Waals surface area contributed by atoms with Crippen molar-refractivity contribution in [3.63, 3.8) is 0 Å². The number of ether oxygens (including phenoxy) is 4. The van der Waals surface area contributed by atoms with Crippen molar-refractivity contribution in [3.05, 3.63) is 58.7 Å². The normalized spacial score (nSPS) is 14.8. The predicted octanol–water partition coefficient (Wildman–Crippen LogP) is 5.86. The van der Waals surface area contributed by atoms with Crippen molar-refractivity contribution in [2.45, 2.75) is 39.5 Å².